The average molecular weight is 252 g/mol. The molecule has 1 N–H and O–H groups in total. The number of aryl methyl sites for hydroxylation is 1. The summed E-state index contributed by atoms with van der Waals surface area (Å²) in [5, 5.41) is 0.454. The Morgan fingerprint density at radius 3 is 2.69 bits per heavy atom. The number of pyridine rings is 1. The van der Waals surface area contributed by atoms with Gasteiger partial charge in [0.05, 0.1) is 5.56 Å². The maximum atomic E-state index is 12.2. The molecule has 0 saturated heterocycles. The number of rotatable bonds is 2. The third-order valence-corrected chi connectivity index (χ3v) is 2.36. The number of nitrogens with one attached hydrogen (secondary N) is 1. The molecule has 1 aromatic rings. The molecule has 1 heterocycles. The lowest BCUT2D eigenvalue weighted by Gasteiger charge is -2.04. The molecular weight excluding hydrogens is 244 g/mol. The standard InChI is InChI=1S/C8H8BrF2NO/c1-4-5(3-9)2-6(7(10)11)8(13)12-4/h2,7H,3H2,1H3,(H,12,13). The first-order chi connectivity index (χ1) is 6.06. The summed E-state index contributed by atoms with van der Waals surface area (Å²) < 4.78 is 24.5. The molecule has 0 radical (unpaired) electrons. The highest BCUT2D eigenvalue weighted by atomic mass is 79.9. The smallest absolute Gasteiger partial charge is 0.269 e. The highest BCUT2D eigenvalue weighted by Crippen LogP contribution is 2.17. The van der Waals surface area contributed by atoms with Crippen molar-refractivity contribution in [2.75, 3.05) is 0 Å². The van der Waals surface area contributed by atoms with Crippen LogP contribution in [0.4, 0.5) is 8.78 Å². The van der Waals surface area contributed by atoms with Crippen LogP contribution in [-0.2, 0) is 5.33 Å². The molecule has 5 heteroatoms. The van der Waals surface area contributed by atoms with Gasteiger partial charge in [0.2, 0.25) is 0 Å². The summed E-state index contributed by atoms with van der Waals surface area (Å²) in [4.78, 5) is 13.4. The van der Waals surface area contributed by atoms with Gasteiger partial charge in [0, 0.05) is 11.0 Å². The first kappa shape index (κ1) is 10.4. The van der Waals surface area contributed by atoms with Gasteiger partial charge >= 0.3 is 0 Å². The summed E-state index contributed by atoms with van der Waals surface area (Å²) in [6.07, 6.45) is -2.72. The number of hydrogen-bond donors (Lipinski definition) is 1. The van der Waals surface area contributed by atoms with Crippen molar-refractivity contribution in [3.8, 4) is 0 Å². The highest BCUT2D eigenvalue weighted by molar-refractivity contribution is 9.08. The predicted molar refractivity (Wildman–Crippen MR) is 49.4 cm³/mol. The first-order valence-corrected chi connectivity index (χ1v) is 4.75. The van der Waals surface area contributed by atoms with E-state index in [4.69, 9.17) is 0 Å². The molecule has 0 saturated carbocycles. The lowest BCUT2D eigenvalue weighted by molar-refractivity contribution is 0.149. The molecule has 0 aromatic carbocycles. The first-order valence-electron chi connectivity index (χ1n) is 3.63. The largest absolute Gasteiger partial charge is 0.326 e. The Hall–Kier alpha value is -0.710. The van der Waals surface area contributed by atoms with Crippen LogP contribution >= 0.6 is 15.9 Å². The zero-order chi connectivity index (χ0) is 10.0. The predicted octanol–water partition coefficient (Wildman–Crippen LogP) is 2.52. The third-order valence-electron chi connectivity index (χ3n) is 1.75. The van der Waals surface area contributed by atoms with E-state index in [2.05, 4.69) is 20.9 Å². The fourth-order valence-corrected chi connectivity index (χ4v) is 1.57. The molecule has 0 aliphatic heterocycles. The second-order valence-corrected chi connectivity index (χ2v) is 3.20. The maximum Gasteiger partial charge on any atom is 0.269 e. The minimum atomic E-state index is -2.72. The molecule has 0 bridgehead atoms. The van der Waals surface area contributed by atoms with Crippen LogP contribution in [0.15, 0.2) is 10.9 Å². The van der Waals surface area contributed by atoms with Crippen molar-refractivity contribution in [3.05, 3.63) is 33.2 Å². The van der Waals surface area contributed by atoms with Crippen molar-refractivity contribution in [1.29, 1.82) is 0 Å². The summed E-state index contributed by atoms with van der Waals surface area (Å²) in [5.41, 5.74) is 0.110. The molecule has 72 valence electrons. The van der Waals surface area contributed by atoms with Crippen molar-refractivity contribution in [2.45, 2.75) is 18.7 Å². The van der Waals surface area contributed by atoms with Crippen LogP contribution in [0.2, 0.25) is 0 Å². The monoisotopic (exact) mass is 251 g/mol. The van der Waals surface area contributed by atoms with Crippen LogP contribution in [0.1, 0.15) is 23.2 Å². The quantitative estimate of drug-likeness (QED) is 0.806. The molecule has 0 aliphatic carbocycles. The van der Waals surface area contributed by atoms with Gasteiger partial charge in [-0.15, -0.1) is 0 Å². The zero-order valence-corrected chi connectivity index (χ0v) is 8.49. The molecule has 1 rings (SSSR count). The molecule has 2 nitrogen and oxygen atoms in total. The van der Waals surface area contributed by atoms with Gasteiger partial charge in [-0.3, -0.25) is 4.79 Å². The van der Waals surface area contributed by atoms with Crippen LogP contribution in [0.25, 0.3) is 0 Å². The van der Waals surface area contributed by atoms with Gasteiger partial charge in [-0.1, -0.05) is 15.9 Å². The van der Waals surface area contributed by atoms with Crippen molar-refractivity contribution in [1.82, 2.24) is 4.98 Å². The number of aromatic nitrogens is 1. The van der Waals surface area contributed by atoms with Gasteiger partial charge in [0.15, 0.2) is 0 Å². The topological polar surface area (TPSA) is 32.9 Å². The number of alkyl halides is 3. The van der Waals surface area contributed by atoms with Crippen LogP contribution in [0.3, 0.4) is 0 Å². The van der Waals surface area contributed by atoms with E-state index in [0.717, 1.165) is 0 Å². The van der Waals surface area contributed by atoms with E-state index < -0.39 is 17.5 Å². The minimum absolute atomic E-state index is 0.454. The van der Waals surface area contributed by atoms with E-state index in [1.54, 1.807) is 6.92 Å². The Kier molecular flexibility index (Phi) is 3.19. The molecular formula is C8H8BrF2NO. The Bertz CT molecular complexity index is 362. The van der Waals surface area contributed by atoms with Crippen molar-refractivity contribution in [3.63, 3.8) is 0 Å². The fourth-order valence-electron chi connectivity index (χ4n) is 0.985. The molecule has 0 spiro atoms. The van der Waals surface area contributed by atoms with Gasteiger partial charge in [-0.25, -0.2) is 8.78 Å². The summed E-state index contributed by atoms with van der Waals surface area (Å²) in [6, 6.07) is 1.23. The highest BCUT2D eigenvalue weighted by Gasteiger charge is 2.13. The van der Waals surface area contributed by atoms with Gasteiger partial charge in [0.25, 0.3) is 12.0 Å². The van der Waals surface area contributed by atoms with Crippen molar-refractivity contribution >= 4 is 15.9 Å². The Morgan fingerprint density at radius 2 is 2.23 bits per heavy atom. The van der Waals surface area contributed by atoms with Gasteiger partial charge < -0.3 is 4.98 Å². The third kappa shape index (κ3) is 2.15. The van der Waals surface area contributed by atoms with Crippen LogP contribution in [0, 0.1) is 6.92 Å². The molecule has 0 atom stereocenters. The van der Waals surface area contributed by atoms with E-state index in [0.29, 0.717) is 16.6 Å². The summed E-state index contributed by atoms with van der Waals surface area (Å²) in [5.74, 6) is 0. The number of aromatic amines is 1. The van der Waals surface area contributed by atoms with Crippen LogP contribution in [-0.4, -0.2) is 4.98 Å². The van der Waals surface area contributed by atoms with Crippen molar-refractivity contribution in [2.24, 2.45) is 0 Å². The van der Waals surface area contributed by atoms with Gasteiger partial charge in [-0.2, -0.15) is 0 Å². The van der Waals surface area contributed by atoms with Gasteiger partial charge in [0.1, 0.15) is 0 Å². The number of halogens is 3. The van der Waals surface area contributed by atoms with E-state index in [1.807, 2.05) is 0 Å². The maximum absolute atomic E-state index is 12.2. The summed E-state index contributed by atoms with van der Waals surface area (Å²) in [7, 11) is 0. The molecule has 1 aromatic heterocycles. The summed E-state index contributed by atoms with van der Waals surface area (Å²) in [6.45, 7) is 1.67. The number of H-pyrrole nitrogens is 1. The number of hydrogen-bond acceptors (Lipinski definition) is 1. The Morgan fingerprint density at radius 1 is 1.62 bits per heavy atom. The van der Waals surface area contributed by atoms with E-state index in [-0.39, 0.29) is 0 Å². The molecule has 0 fully saturated rings. The molecule has 0 aliphatic rings. The minimum Gasteiger partial charge on any atom is -0.326 e. The SMILES string of the molecule is Cc1[nH]c(=O)c(C(F)F)cc1CBr. The van der Waals surface area contributed by atoms with E-state index >= 15 is 0 Å². The van der Waals surface area contributed by atoms with Crippen LogP contribution < -0.4 is 5.56 Å². The Labute approximate surface area is 82.1 Å². The lowest BCUT2D eigenvalue weighted by Crippen LogP contribution is -2.15. The fraction of sp³-hybridized carbons (Fsp3) is 0.375. The summed E-state index contributed by atoms with van der Waals surface area (Å²) >= 11 is 3.15. The van der Waals surface area contributed by atoms with Crippen molar-refractivity contribution < 1.29 is 8.78 Å². The van der Waals surface area contributed by atoms with Crippen LogP contribution in [0.5, 0.6) is 0 Å². The Balaban J connectivity index is 3.31. The average Bonchev–Trinajstić information content (AvgIpc) is 2.03. The second-order valence-electron chi connectivity index (χ2n) is 2.64. The van der Waals surface area contributed by atoms with E-state index in [1.165, 1.54) is 6.07 Å². The molecule has 0 amide bonds. The second kappa shape index (κ2) is 4.00. The lowest BCUT2D eigenvalue weighted by atomic mass is 10.1. The zero-order valence-electron chi connectivity index (χ0n) is 6.90. The molecule has 13 heavy (non-hydrogen) atoms. The normalized spacial score (nSPS) is 10.8. The van der Waals surface area contributed by atoms with Gasteiger partial charge in [-0.05, 0) is 18.6 Å². The molecule has 0 unspecified atom stereocenters. The van der Waals surface area contributed by atoms with E-state index in [9.17, 15) is 13.6 Å².